The first-order valence-corrected chi connectivity index (χ1v) is 7.26. The maximum atomic E-state index is 12.6. The van der Waals surface area contributed by atoms with Crippen molar-refractivity contribution < 1.29 is 22.5 Å². The highest BCUT2D eigenvalue weighted by molar-refractivity contribution is 6.61. The molecule has 0 radical (unpaired) electrons. The van der Waals surface area contributed by atoms with Gasteiger partial charge in [0, 0.05) is 13.1 Å². The molecule has 1 saturated heterocycles. The summed E-state index contributed by atoms with van der Waals surface area (Å²) < 4.78 is 43.1. The smallest absolute Gasteiger partial charge is 0.449 e. The lowest BCUT2D eigenvalue weighted by Crippen LogP contribution is -2.42. The van der Waals surface area contributed by atoms with Gasteiger partial charge in [-0.2, -0.15) is 0 Å². The van der Waals surface area contributed by atoms with Gasteiger partial charge < -0.3 is 22.6 Å². The second-order valence-corrected chi connectivity index (χ2v) is 6.99. The lowest BCUT2D eigenvalue weighted by atomic mass is 9.78. The third-order valence-electron chi connectivity index (χ3n) is 4.17. The van der Waals surface area contributed by atoms with Crippen LogP contribution in [0.5, 0.6) is 0 Å². The van der Waals surface area contributed by atoms with Crippen molar-refractivity contribution in [2.75, 3.05) is 13.1 Å². The molecular weight excluding hydrogens is 270 g/mol. The van der Waals surface area contributed by atoms with E-state index in [0.29, 0.717) is 32.4 Å². The Labute approximate surface area is 117 Å². The minimum Gasteiger partial charge on any atom is -0.449 e. The predicted octanol–water partition coefficient (Wildman–Crippen LogP) is 3.87. The number of piperidine rings is 1. The molecule has 2 fully saturated rings. The van der Waals surface area contributed by atoms with Crippen LogP contribution in [0.4, 0.5) is 17.7 Å². The zero-order chi connectivity index (χ0) is 15.1. The standard InChI is InChI=1S/C13H22BF3NO2/c1-13(2,3)20-12(19)18-6-4-9(5-7-18)10-8-11(10)14(15,16)17/h9-11H,4-8H2,1-3H3/q-1/t10-,11+/m0/s1. The predicted molar refractivity (Wildman–Crippen MR) is 71.5 cm³/mol. The van der Waals surface area contributed by atoms with E-state index in [-0.39, 0.29) is 17.9 Å². The molecule has 1 heterocycles. The summed E-state index contributed by atoms with van der Waals surface area (Å²) in [5.74, 6) is -1.13. The van der Waals surface area contributed by atoms with Gasteiger partial charge in [-0.3, -0.25) is 0 Å². The van der Waals surface area contributed by atoms with E-state index in [2.05, 4.69) is 0 Å². The third kappa shape index (κ3) is 3.82. The number of rotatable bonds is 2. The van der Waals surface area contributed by atoms with E-state index in [1.54, 1.807) is 25.7 Å². The van der Waals surface area contributed by atoms with Gasteiger partial charge in [0.05, 0.1) is 0 Å². The Kier molecular flexibility index (Phi) is 3.99. The van der Waals surface area contributed by atoms with Gasteiger partial charge in [0.25, 0.3) is 0 Å². The van der Waals surface area contributed by atoms with E-state index in [4.69, 9.17) is 4.74 Å². The number of amides is 1. The molecule has 1 aliphatic heterocycles. The molecule has 2 atom stereocenters. The molecule has 0 aromatic rings. The van der Waals surface area contributed by atoms with Gasteiger partial charge in [-0.25, -0.2) is 4.79 Å². The highest BCUT2D eigenvalue weighted by Crippen LogP contribution is 2.58. The summed E-state index contributed by atoms with van der Waals surface area (Å²) in [6.45, 7) is 1.75. The van der Waals surface area contributed by atoms with E-state index < -0.39 is 18.4 Å². The Morgan fingerprint density at radius 1 is 1.20 bits per heavy atom. The van der Waals surface area contributed by atoms with Crippen LogP contribution in [0, 0.1) is 11.8 Å². The Bertz CT molecular complexity index is 373. The van der Waals surface area contributed by atoms with Crippen LogP contribution in [0.25, 0.3) is 0 Å². The minimum atomic E-state index is -4.68. The first-order chi connectivity index (χ1) is 9.08. The Hall–Kier alpha value is -0.875. The average molecular weight is 292 g/mol. The fraction of sp³-hybridized carbons (Fsp3) is 0.923. The summed E-state index contributed by atoms with van der Waals surface area (Å²) in [4.78, 5) is 13.5. The van der Waals surface area contributed by atoms with Gasteiger partial charge in [0.2, 0.25) is 0 Å². The molecule has 0 unspecified atom stereocenters. The van der Waals surface area contributed by atoms with Crippen molar-refractivity contribution >= 4 is 13.1 Å². The number of carbonyl (C=O) groups is 1. The largest absolute Gasteiger partial charge is 0.481 e. The summed E-state index contributed by atoms with van der Waals surface area (Å²) in [6.07, 6.45) is 1.25. The molecule has 7 heteroatoms. The summed E-state index contributed by atoms with van der Waals surface area (Å²) in [5, 5.41) is 0. The summed E-state index contributed by atoms with van der Waals surface area (Å²) in [6, 6.07) is 0. The van der Waals surface area contributed by atoms with Crippen LogP contribution in [0.15, 0.2) is 0 Å². The molecule has 1 amide bonds. The monoisotopic (exact) mass is 292 g/mol. The highest BCUT2D eigenvalue weighted by Gasteiger charge is 2.53. The van der Waals surface area contributed by atoms with E-state index in [1.165, 1.54) is 0 Å². The maximum absolute atomic E-state index is 12.6. The molecule has 1 aliphatic carbocycles. The van der Waals surface area contributed by atoms with Crippen LogP contribution in [0.3, 0.4) is 0 Å². The van der Waals surface area contributed by atoms with Gasteiger partial charge in [-0.15, -0.1) is 0 Å². The summed E-state index contributed by atoms with van der Waals surface area (Å²) >= 11 is 0. The molecule has 0 aromatic carbocycles. The maximum Gasteiger partial charge on any atom is 0.481 e. The molecule has 0 N–H and O–H groups in total. The SMILES string of the molecule is CC(C)(C)OC(=O)N1CCC([C@@H]2C[C@H]2[B-](F)(F)F)CC1. The molecule has 20 heavy (non-hydrogen) atoms. The van der Waals surface area contributed by atoms with Gasteiger partial charge in [0.15, 0.2) is 0 Å². The second-order valence-electron chi connectivity index (χ2n) is 6.99. The van der Waals surface area contributed by atoms with E-state index in [0.717, 1.165) is 0 Å². The van der Waals surface area contributed by atoms with Crippen molar-refractivity contribution in [3.8, 4) is 0 Å². The fourth-order valence-electron chi connectivity index (χ4n) is 3.05. The van der Waals surface area contributed by atoms with Crippen LogP contribution in [-0.4, -0.2) is 36.7 Å². The number of ether oxygens (including phenoxy) is 1. The molecular formula is C13H22BF3NO2-. The number of halogens is 3. The minimum absolute atomic E-state index is 0.113. The number of carbonyl (C=O) groups excluding carboxylic acids is 1. The van der Waals surface area contributed by atoms with E-state index in [9.17, 15) is 17.7 Å². The van der Waals surface area contributed by atoms with Gasteiger partial charge in [-0.05, 0) is 39.5 Å². The van der Waals surface area contributed by atoms with Crippen molar-refractivity contribution in [1.29, 1.82) is 0 Å². The van der Waals surface area contributed by atoms with Crippen LogP contribution >= 0.6 is 0 Å². The van der Waals surface area contributed by atoms with Gasteiger partial charge >= 0.3 is 13.1 Å². The zero-order valence-corrected chi connectivity index (χ0v) is 12.2. The molecule has 0 bridgehead atoms. The van der Waals surface area contributed by atoms with Crippen LogP contribution < -0.4 is 0 Å². The van der Waals surface area contributed by atoms with Crippen LogP contribution in [-0.2, 0) is 4.74 Å². The highest BCUT2D eigenvalue weighted by atomic mass is 19.4. The summed E-state index contributed by atoms with van der Waals surface area (Å²) in [5.41, 5.74) is -0.533. The quantitative estimate of drug-likeness (QED) is 0.723. The lowest BCUT2D eigenvalue weighted by Gasteiger charge is -2.34. The molecule has 2 aliphatic rings. The van der Waals surface area contributed by atoms with Crippen molar-refractivity contribution in [2.24, 2.45) is 11.8 Å². The van der Waals surface area contributed by atoms with Crippen molar-refractivity contribution in [3.05, 3.63) is 0 Å². The number of likely N-dealkylation sites (tertiary alicyclic amines) is 1. The normalized spacial score (nSPS) is 28.4. The Morgan fingerprint density at radius 2 is 1.75 bits per heavy atom. The number of nitrogens with zero attached hydrogens (tertiary/aromatic N) is 1. The third-order valence-corrected chi connectivity index (χ3v) is 4.17. The first kappa shape index (κ1) is 15.5. The number of hydrogen-bond donors (Lipinski definition) is 0. The molecule has 116 valence electrons. The molecule has 3 nitrogen and oxygen atoms in total. The lowest BCUT2D eigenvalue weighted by molar-refractivity contribution is 0.0175. The molecule has 0 aromatic heterocycles. The molecule has 2 rings (SSSR count). The Balaban J connectivity index is 1.78. The average Bonchev–Trinajstić information content (AvgIpc) is 3.06. The van der Waals surface area contributed by atoms with Crippen molar-refractivity contribution in [1.82, 2.24) is 4.90 Å². The first-order valence-electron chi connectivity index (χ1n) is 7.26. The number of hydrogen-bond acceptors (Lipinski definition) is 2. The second kappa shape index (κ2) is 5.15. The van der Waals surface area contributed by atoms with Crippen LogP contribution in [0.1, 0.15) is 40.0 Å². The Morgan fingerprint density at radius 3 is 2.15 bits per heavy atom. The van der Waals surface area contributed by atoms with Crippen LogP contribution in [0.2, 0.25) is 5.82 Å². The fourth-order valence-corrected chi connectivity index (χ4v) is 3.05. The van der Waals surface area contributed by atoms with Gasteiger partial charge in [0.1, 0.15) is 5.60 Å². The van der Waals surface area contributed by atoms with E-state index >= 15 is 0 Å². The van der Waals surface area contributed by atoms with Crippen molar-refractivity contribution in [2.45, 2.75) is 51.5 Å². The van der Waals surface area contributed by atoms with Crippen molar-refractivity contribution in [3.63, 3.8) is 0 Å². The zero-order valence-electron chi connectivity index (χ0n) is 12.2. The van der Waals surface area contributed by atoms with Gasteiger partial charge in [-0.1, -0.05) is 18.2 Å². The molecule has 0 spiro atoms. The van der Waals surface area contributed by atoms with E-state index in [1.807, 2.05) is 0 Å². The summed E-state index contributed by atoms with van der Waals surface area (Å²) in [7, 11) is 0. The topological polar surface area (TPSA) is 29.5 Å². The molecule has 1 saturated carbocycles.